The van der Waals surface area contributed by atoms with E-state index in [1.807, 2.05) is 41.8 Å². The van der Waals surface area contributed by atoms with Gasteiger partial charge in [0.1, 0.15) is 17.4 Å². The van der Waals surface area contributed by atoms with Crippen molar-refractivity contribution in [2.75, 3.05) is 11.9 Å². The molecule has 5 rings (SSSR count). The molecule has 0 bridgehead atoms. The zero-order valence-electron chi connectivity index (χ0n) is 24.3. The fourth-order valence-corrected chi connectivity index (χ4v) is 9.40. The molecule has 222 valence electrons. The van der Waals surface area contributed by atoms with Crippen LogP contribution in [0.3, 0.4) is 0 Å². The zero-order chi connectivity index (χ0) is 29.3. The Morgan fingerprint density at radius 1 is 1.15 bits per heavy atom. The van der Waals surface area contributed by atoms with Crippen molar-refractivity contribution in [3.63, 3.8) is 0 Å². The highest BCUT2D eigenvalue weighted by atomic mass is 32.1. The Morgan fingerprint density at radius 3 is 2.66 bits per heavy atom. The number of nitrogens with one attached hydrogen (secondary N) is 2. The summed E-state index contributed by atoms with van der Waals surface area (Å²) in [6.45, 7) is 6.85. The van der Waals surface area contributed by atoms with Crippen LogP contribution in [0.1, 0.15) is 83.4 Å². The van der Waals surface area contributed by atoms with E-state index in [1.54, 1.807) is 4.90 Å². The SMILES string of the molecule is CC(C)(C)c1csc(N[C@H]2CCCCC/C=C\[C@@H]3C[C@@]3(P(=O)(O)Cc3ccccc3)NC(=O)[C@@H]3CCCN3C2=O)n1. The zero-order valence-corrected chi connectivity index (χ0v) is 26.1. The van der Waals surface area contributed by atoms with Gasteiger partial charge in [0, 0.05) is 23.3 Å². The van der Waals surface area contributed by atoms with E-state index in [1.165, 1.54) is 11.3 Å². The first-order chi connectivity index (χ1) is 19.5. The monoisotopic (exact) mass is 598 g/mol. The molecule has 1 unspecified atom stereocenters. The molecule has 8 nitrogen and oxygen atoms in total. The van der Waals surface area contributed by atoms with Crippen LogP contribution in [0, 0.1) is 5.92 Å². The number of allylic oxidation sites excluding steroid dienone is 1. The Balaban J connectivity index is 1.39. The van der Waals surface area contributed by atoms with Crippen LogP contribution in [0.25, 0.3) is 0 Å². The number of rotatable bonds is 5. The molecule has 2 aromatic rings. The summed E-state index contributed by atoms with van der Waals surface area (Å²) in [4.78, 5) is 45.7. The third kappa shape index (κ3) is 6.63. The van der Waals surface area contributed by atoms with E-state index in [0.717, 1.165) is 48.5 Å². The molecule has 2 amide bonds. The summed E-state index contributed by atoms with van der Waals surface area (Å²) in [6, 6.07) is 8.15. The molecular weight excluding hydrogens is 555 g/mol. The van der Waals surface area contributed by atoms with Crippen LogP contribution in [-0.4, -0.2) is 50.5 Å². The van der Waals surface area contributed by atoms with Gasteiger partial charge in [0.2, 0.25) is 19.2 Å². The van der Waals surface area contributed by atoms with E-state index in [4.69, 9.17) is 4.98 Å². The van der Waals surface area contributed by atoms with Crippen LogP contribution in [0.15, 0.2) is 47.9 Å². The van der Waals surface area contributed by atoms with E-state index < -0.39 is 24.7 Å². The maximum atomic E-state index is 14.0. The summed E-state index contributed by atoms with van der Waals surface area (Å²) in [7, 11) is -3.83. The van der Waals surface area contributed by atoms with Crippen molar-refractivity contribution in [2.24, 2.45) is 5.92 Å². The van der Waals surface area contributed by atoms with Gasteiger partial charge in [-0.1, -0.05) is 76.1 Å². The quantitative estimate of drug-likeness (QED) is 0.286. The Morgan fingerprint density at radius 2 is 1.93 bits per heavy atom. The van der Waals surface area contributed by atoms with Crippen molar-refractivity contribution in [1.29, 1.82) is 0 Å². The molecule has 2 aliphatic heterocycles. The normalized spacial score (nSPS) is 29.8. The molecule has 41 heavy (non-hydrogen) atoms. The smallest absolute Gasteiger partial charge is 0.245 e. The minimum atomic E-state index is -3.83. The van der Waals surface area contributed by atoms with Crippen LogP contribution >= 0.6 is 18.7 Å². The van der Waals surface area contributed by atoms with Gasteiger partial charge in [-0.2, -0.15) is 0 Å². The van der Waals surface area contributed by atoms with Gasteiger partial charge in [-0.15, -0.1) is 11.3 Å². The van der Waals surface area contributed by atoms with E-state index in [2.05, 4.69) is 37.5 Å². The molecule has 0 spiro atoms. The highest BCUT2D eigenvalue weighted by Gasteiger charge is 2.65. The molecule has 2 fully saturated rings. The first-order valence-corrected chi connectivity index (χ1v) is 17.6. The van der Waals surface area contributed by atoms with Gasteiger partial charge < -0.3 is 20.4 Å². The van der Waals surface area contributed by atoms with Crippen LogP contribution in [0.2, 0.25) is 0 Å². The van der Waals surface area contributed by atoms with Gasteiger partial charge in [0.05, 0.1) is 11.9 Å². The van der Waals surface area contributed by atoms with Crippen molar-refractivity contribution < 1.29 is 19.0 Å². The number of aromatic nitrogens is 1. The topological polar surface area (TPSA) is 112 Å². The van der Waals surface area contributed by atoms with Crippen LogP contribution in [-0.2, 0) is 25.7 Å². The van der Waals surface area contributed by atoms with Crippen LogP contribution in [0.5, 0.6) is 0 Å². The van der Waals surface area contributed by atoms with E-state index >= 15 is 0 Å². The second kappa shape index (κ2) is 12.0. The third-order valence-electron chi connectivity index (χ3n) is 8.63. The Hall–Kier alpha value is -2.48. The largest absolute Gasteiger partial charge is 0.350 e. The molecule has 5 atom stereocenters. The predicted octanol–water partition coefficient (Wildman–Crippen LogP) is 6.04. The molecule has 1 aromatic heterocycles. The van der Waals surface area contributed by atoms with Gasteiger partial charge in [0.15, 0.2) is 5.13 Å². The lowest BCUT2D eigenvalue weighted by molar-refractivity contribution is -0.139. The van der Waals surface area contributed by atoms with Crippen molar-refractivity contribution in [3.8, 4) is 0 Å². The minimum Gasteiger partial charge on any atom is -0.350 e. The first-order valence-electron chi connectivity index (χ1n) is 14.9. The summed E-state index contributed by atoms with van der Waals surface area (Å²) in [6.07, 6.45) is 10.2. The average Bonchev–Trinajstić information content (AvgIpc) is 3.24. The van der Waals surface area contributed by atoms with Gasteiger partial charge in [-0.05, 0) is 44.1 Å². The predicted molar refractivity (Wildman–Crippen MR) is 164 cm³/mol. The number of benzene rings is 1. The Bertz CT molecular complexity index is 1320. The van der Waals surface area contributed by atoms with Crippen molar-refractivity contribution in [2.45, 2.75) is 101 Å². The molecule has 3 aliphatic rings. The van der Waals surface area contributed by atoms with Crippen molar-refractivity contribution >= 4 is 35.7 Å². The number of amides is 2. The lowest BCUT2D eigenvalue weighted by Crippen LogP contribution is -2.53. The molecule has 3 N–H and O–H groups in total. The molecular formula is C31H43N4O4PS. The summed E-state index contributed by atoms with van der Waals surface area (Å²) in [5.41, 5.74) is 1.67. The third-order valence-corrected chi connectivity index (χ3v) is 12.1. The molecule has 1 saturated heterocycles. The average molecular weight is 599 g/mol. The molecule has 0 radical (unpaired) electrons. The van der Waals surface area contributed by atoms with Gasteiger partial charge in [0.25, 0.3) is 0 Å². The second-order valence-corrected chi connectivity index (χ2v) is 16.2. The number of anilines is 1. The standard InChI is InChI=1S/C31H43N4O4PS/c1-30(2,3)26-21-41-29(33-26)32-24-16-11-6-4-5-10-15-23-19-31(23,40(38,39)20-22-13-8-7-9-14-22)34-27(36)25-17-12-18-35(25)28(24)37/h7-10,13-15,21,23-25H,4-6,11-12,16-20H2,1-3H3,(H,32,33)(H,34,36)(H,38,39)/b15-10-/t23-,24+,25+,31+/m1/s1. The molecule has 10 heteroatoms. The Labute approximate surface area is 247 Å². The van der Waals surface area contributed by atoms with Crippen LogP contribution < -0.4 is 10.6 Å². The van der Waals surface area contributed by atoms with Gasteiger partial charge in [-0.25, -0.2) is 4.98 Å². The van der Waals surface area contributed by atoms with Crippen LogP contribution in [0.4, 0.5) is 5.13 Å². The van der Waals surface area contributed by atoms with E-state index in [-0.39, 0.29) is 29.3 Å². The van der Waals surface area contributed by atoms with Crippen molar-refractivity contribution in [3.05, 3.63) is 59.1 Å². The minimum absolute atomic E-state index is 0.00212. The summed E-state index contributed by atoms with van der Waals surface area (Å²) < 4.78 is 13.9. The lowest BCUT2D eigenvalue weighted by atomic mass is 9.93. The summed E-state index contributed by atoms with van der Waals surface area (Å²) >= 11 is 1.50. The number of hydrogen-bond acceptors (Lipinski definition) is 6. The summed E-state index contributed by atoms with van der Waals surface area (Å²) in [5, 5.41) is 8.00. The number of fused-ring (bicyclic) bond motifs is 2. The fraction of sp³-hybridized carbons (Fsp3) is 0.581. The second-order valence-electron chi connectivity index (χ2n) is 12.8. The lowest BCUT2D eigenvalue weighted by Gasteiger charge is -2.31. The molecule has 1 aliphatic carbocycles. The maximum Gasteiger partial charge on any atom is 0.245 e. The number of thiazole rings is 1. The first kappa shape index (κ1) is 30.0. The molecule has 3 heterocycles. The molecule has 1 saturated carbocycles. The van der Waals surface area contributed by atoms with Crippen molar-refractivity contribution in [1.82, 2.24) is 15.2 Å². The number of carbonyl (C=O) groups excluding carboxylic acids is 2. The molecule has 1 aromatic carbocycles. The highest BCUT2D eigenvalue weighted by molar-refractivity contribution is 7.59. The van der Waals surface area contributed by atoms with Gasteiger partial charge >= 0.3 is 0 Å². The number of carbonyl (C=O) groups is 2. The number of nitrogens with zero attached hydrogens (tertiary/aromatic N) is 2. The fourth-order valence-electron chi connectivity index (χ4n) is 6.05. The Kier molecular flexibility index (Phi) is 8.79. The number of hydrogen-bond donors (Lipinski definition) is 3. The van der Waals surface area contributed by atoms with E-state index in [9.17, 15) is 19.0 Å². The van der Waals surface area contributed by atoms with E-state index in [0.29, 0.717) is 25.8 Å². The maximum absolute atomic E-state index is 14.0. The summed E-state index contributed by atoms with van der Waals surface area (Å²) in [5.74, 6) is -0.619. The van der Waals surface area contributed by atoms with Gasteiger partial charge in [-0.3, -0.25) is 14.2 Å². The highest BCUT2D eigenvalue weighted by Crippen LogP contribution is 2.71.